The first-order valence-electron chi connectivity index (χ1n) is 7.11. The molecule has 2 atom stereocenters. The highest BCUT2D eigenvalue weighted by Crippen LogP contribution is 2.38. The van der Waals surface area contributed by atoms with Gasteiger partial charge in [-0.25, -0.2) is 13.1 Å². The van der Waals surface area contributed by atoms with E-state index in [1.165, 1.54) is 19.1 Å². The fourth-order valence-electron chi connectivity index (χ4n) is 3.44. The van der Waals surface area contributed by atoms with Crippen molar-refractivity contribution in [2.75, 3.05) is 12.8 Å². The molecular formula is C14H30N2O2S. The van der Waals surface area contributed by atoms with Crippen LogP contribution in [0.5, 0.6) is 0 Å². The van der Waals surface area contributed by atoms with Crippen molar-refractivity contribution in [3.8, 4) is 0 Å². The number of hydrogen-bond donors (Lipinski definition) is 2. The summed E-state index contributed by atoms with van der Waals surface area (Å²) in [4.78, 5) is 0. The molecule has 1 saturated carbocycles. The Balaban J connectivity index is 2.52. The molecule has 0 radical (unpaired) electrons. The third-order valence-electron chi connectivity index (χ3n) is 3.68. The fraction of sp³-hybridized carbons (Fsp3) is 1.00. The molecule has 2 unspecified atom stereocenters. The van der Waals surface area contributed by atoms with Crippen molar-refractivity contribution in [3.05, 3.63) is 0 Å². The van der Waals surface area contributed by atoms with Crippen molar-refractivity contribution in [3.63, 3.8) is 0 Å². The summed E-state index contributed by atoms with van der Waals surface area (Å²) < 4.78 is 25.3. The van der Waals surface area contributed by atoms with Crippen LogP contribution in [0.25, 0.3) is 0 Å². The number of sulfonamides is 1. The molecule has 0 heterocycles. The van der Waals surface area contributed by atoms with Gasteiger partial charge in [-0.05, 0) is 44.4 Å². The molecule has 1 aliphatic carbocycles. The number of rotatable bonds is 5. The predicted molar refractivity (Wildman–Crippen MR) is 80.6 cm³/mol. The third kappa shape index (κ3) is 6.72. The Morgan fingerprint density at radius 1 is 1.26 bits per heavy atom. The molecule has 1 aliphatic rings. The van der Waals surface area contributed by atoms with E-state index < -0.39 is 15.6 Å². The summed E-state index contributed by atoms with van der Waals surface area (Å²) in [6, 6.07) is 0.486. The molecule has 4 nitrogen and oxygen atoms in total. The highest BCUT2D eigenvalue weighted by molar-refractivity contribution is 7.88. The Kier molecular flexibility index (Phi) is 5.08. The van der Waals surface area contributed by atoms with Gasteiger partial charge in [0.25, 0.3) is 0 Å². The standard InChI is InChI=1S/C14H30N2O2S/c1-11-7-12(9-13(2,3)8-11)15-10-14(4,5)16-19(6,17)18/h11-12,15-16H,7-10H2,1-6H3. The van der Waals surface area contributed by atoms with E-state index >= 15 is 0 Å². The maximum absolute atomic E-state index is 11.3. The molecule has 0 saturated heterocycles. The Hall–Kier alpha value is -0.130. The molecule has 0 aromatic heterocycles. The van der Waals surface area contributed by atoms with Crippen LogP contribution in [0, 0.1) is 11.3 Å². The smallest absolute Gasteiger partial charge is 0.209 e. The number of hydrogen-bond acceptors (Lipinski definition) is 3. The molecule has 0 spiro atoms. The summed E-state index contributed by atoms with van der Waals surface area (Å²) in [7, 11) is -3.16. The van der Waals surface area contributed by atoms with E-state index in [4.69, 9.17) is 0 Å². The van der Waals surface area contributed by atoms with Gasteiger partial charge >= 0.3 is 0 Å². The molecule has 2 N–H and O–H groups in total. The quantitative estimate of drug-likeness (QED) is 0.815. The van der Waals surface area contributed by atoms with Gasteiger partial charge in [-0.3, -0.25) is 0 Å². The van der Waals surface area contributed by atoms with E-state index in [0.29, 0.717) is 18.0 Å². The van der Waals surface area contributed by atoms with Crippen LogP contribution in [0.15, 0.2) is 0 Å². The normalized spacial score (nSPS) is 28.3. The lowest BCUT2D eigenvalue weighted by Gasteiger charge is -2.40. The Morgan fingerprint density at radius 3 is 2.32 bits per heavy atom. The van der Waals surface area contributed by atoms with Crippen LogP contribution in [-0.2, 0) is 10.0 Å². The van der Waals surface area contributed by atoms with E-state index in [-0.39, 0.29) is 0 Å². The van der Waals surface area contributed by atoms with Gasteiger partial charge < -0.3 is 5.32 Å². The molecule has 19 heavy (non-hydrogen) atoms. The van der Waals surface area contributed by atoms with Gasteiger partial charge in [0, 0.05) is 18.1 Å². The first kappa shape index (κ1) is 16.9. The van der Waals surface area contributed by atoms with Gasteiger partial charge in [0.2, 0.25) is 10.0 Å². The van der Waals surface area contributed by atoms with Gasteiger partial charge in [-0.2, -0.15) is 0 Å². The van der Waals surface area contributed by atoms with Crippen molar-refractivity contribution in [2.45, 2.75) is 65.5 Å². The van der Waals surface area contributed by atoms with Crippen LogP contribution in [0.1, 0.15) is 53.9 Å². The molecule has 5 heteroatoms. The van der Waals surface area contributed by atoms with Crippen molar-refractivity contribution in [2.24, 2.45) is 11.3 Å². The maximum Gasteiger partial charge on any atom is 0.209 e. The lowest BCUT2D eigenvalue weighted by atomic mass is 9.70. The molecule has 0 aliphatic heterocycles. The summed E-state index contributed by atoms with van der Waals surface area (Å²) >= 11 is 0. The van der Waals surface area contributed by atoms with Gasteiger partial charge in [0.1, 0.15) is 0 Å². The molecule has 114 valence electrons. The van der Waals surface area contributed by atoms with Crippen molar-refractivity contribution < 1.29 is 8.42 Å². The molecular weight excluding hydrogens is 260 g/mol. The lowest BCUT2D eigenvalue weighted by Crippen LogP contribution is -2.53. The minimum absolute atomic E-state index is 0.379. The van der Waals surface area contributed by atoms with Gasteiger partial charge in [-0.15, -0.1) is 0 Å². The molecule has 0 aromatic carbocycles. The topological polar surface area (TPSA) is 58.2 Å². The van der Waals surface area contributed by atoms with Crippen LogP contribution < -0.4 is 10.0 Å². The monoisotopic (exact) mass is 290 g/mol. The molecule has 0 amide bonds. The van der Waals surface area contributed by atoms with Gasteiger partial charge in [-0.1, -0.05) is 20.8 Å². The first-order chi connectivity index (χ1) is 8.39. The van der Waals surface area contributed by atoms with Crippen LogP contribution in [0.3, 0.4) is 0 Å². The van der Waals surface area contributed by atoms with Crippen molar-refractivity contribution in [1.82, 2.24) is 10.0 Å². The highest BCUT2D eigenvalue weighted by Gasteiger charge is 2.33. The summed E-state index contributed by atoms with van der Waals surface area (Å²) in [5, 5.41) is 3.54. The van der Waals surface area contributed by atoms with E-state index in [0.717, 1.165) is 12.3 Å². The minimum Gasteiger partial charge on any atom is -0.312 e. The van der Waals surface area contributed by atoms with E-state index in [9.17, 15) is 8.42 Å². The number of nitrogens with one attached hydrogen (secondary N) is 2. The Labute approximate surface area is 118 Å². The van der Waals surface area contributed by atoms with Crippen LogP contribution >= 0.6 is 0 Å². The molecule has 1 rings (SSSR count). The van der Waals surface area contributed by atoms with Crippen LogP contribution in [-0.4, -0.2) is 32.8 Å². The maximum atomic E-state index is 11.3. The first-order valence-corrected chi connectivity index (χ1v) is 9.00. The fourth-order valence-corrected chi connectivity index (χ4v) is 4.51. The highest BCUT2D eigenvalue weighted by atomic mass is 32.2. The molecule has 0 aromatic rings. The summed E-state index contributed by atoms with van der Waals surface area (Å²) in [5.41, 5.74) is -0.0673. The largest absolute Gasteiger partial charge is 0.312 e. The van der Waals surface area contributed by atoms with Gasteiger partial charge in [0.15, 0.2) is 0 Å². The van der Waals surface area contributed by atoms with Crippen molar-refractivity contribution in [1.29, 1.82) is 0 Å². The average Bonchev–Trinajstić information content (AvgIpc) is 2.07. The van der Waals surface area contributed by atoms with Crippen LogP contribution in [0.2, 0.25) is 0 Å². The zero-order chi connectivity index (χ0) is 14.9. The van der Waals surface area contributed by atoms with E-state index in [1.54, 1.807) is 0 Å². The second-order valence-corrected chi connectivity index (χ2v) is 9.50. The summed E-state index contributed by atoms with van der Waals surface area (Å²) in [5.74, 6) is 0.729. The Morgan fingerprint density at radius 2 is 1.84 bits per heavy atom. The summed E-state index contributed by atoms with van der Waals surface area (Å²) in [6.07, 6.45) is 4.82. The summed E-state index contributed by atoms with van der Waals surface area (Å²) in [6.45, 7) is 11.4. The molecule has 1 fully saturated rings. The van der Waals surface area contributed by atoms with Crippen LogP contribution in [0.4, 0.5) is 0 Å². The SMILES string of the molecule is CC1CC(NCC(C)(C)NS(C)(=O)=O)CC(C)(C)C1. The van der Waals surface area contributed by atoms with E-state index in [2.05, 4.69) is 30.8 Å². The molecule has 0 bridgehead atoms. The van der Waals surface area contributed by atoms with Crippen molar-refractivity contribution >= 4 is 10.0 Å². The Bertz CT molecular complexity index is 402. The van der Waals surface area contributed by atoms with E-state index in [1.807, 2.05) is 13.8 Å². The predicted octanol–water partition coefficient (Wildman–Crippen LogP) is 2.12. The average molecular weight is 290 g/mol. The minimum atomic E-state index is -3.16. The zero-order valence-electron chi connectivity index (χ0n) is 13.2. The second-order valence-electron chi connectivity index (χ2n) is 7.75. The lowest BCUT2D eigenvalue weighted by molar-refractivity contribution is 0.147. The second kappa shape index (κ2) is 5.70. The third-order valence-corrected chi connectivity index (χ3v) is 4.60. The zero-order valence-corrected chi connectivity index (χ0v) is 14.0. The van der Waals surface area contributed by atoms with Gasteiger partial charge in [0.05, 0.1) is 6.26 Å².